The van der Waals surface area contributed by atoms with Crippen LogP contribution < -0.4 is 5.43 Å². The Balaban J connectivity index is 3.14. The van der Waals surface area contributed by atoms with E-state index in [0.717, 1.165) is 6.20 Å². The Kier molecular flexibility index (Phi) is 4.63. The predicted octanol–water partition coefficient (Wildman–Crippen LogP) is 1.27. The molecule has 88 valence electrons. The van der Waals surface area contributed by atoms with E-state index in [1.165, 1.54) is 10.8 Å². The van der Waals surface area contributed by atoms with Crippen LogP contribution >= 0.6 is 31.9 Å². The van der Waals surface area contributed by atoms with E-state index in [4.69, 9.17) is 0 Å². The van der Waals surface area contributed by atoms with Crippen molar-refractivity contribution in [3.63, 3.8) is 0 Å². The maximum Gasteiger partial charge on any atom is 0.333 e. The van der Waals surface area contributed by atoms with Gasteiger partial charge in [0.05, 0.1) is 21.7 Å². The lowest BCUT2D eigenvalue weighted by atomic mass is 10.3. The summed E-state index contributed by atoms with van der Waals surface area (Å²) in [7, 11) is 0. The van der Waals surface area contributed by atoms with E-state index < -0.39 is 22.1 Å². The molecule has 0 radical (unpaired) electrons. The van der Waals surface area contributed by atoms with E-state index in [2.05, 4.69) is 31.9 Å². The number of halogens is 2. The molecule has 1 aromatic rings. The Hall–Kier alpha value is -0.730. The Morgan fingerprint density at radius 1 is 1.56 bits per heavy atom. The quantitative estimate of drug-likeness (QED) is 0.500. The van der Waals surface area contributed by atoms with E-state index in [1.54, 1.807) is 0 Å². The highest BCUT2D eigenvalue weighted by Gasteiger charge is 2.16. The third kappa shape index (κ3) is 3.13. The summed E-state index contributed by atoms with van der Waals surface area (Å²) in [5, 5.41) is 20.3. The highest BCUT2D eigenvalue weighted by molar-refractivity contribution is 9.10. The summed E-state index contributed by atoms with van der Waals surface area (Å²) in [6.45, 7) is 0.172. The molecule has 0 aliphatic heterocycles. The van der Waals surface area contributed by atoms with E-state index in [-0.39, 0.29) is 11.0 Å². The second kappa shape index (κ2) is 5.55. The van der Waals surface area contributed by atoms with Crippen molar-refractivity contribution in [3.8, 4) is 0 Å². The Bertz CT molecular complexity index is 460. The van der Waals surface area contributed by atoms with Crippen LogP contribution in [-0.2, 0) is 6.54 Å². The second-order valence-corrected chi connectivity index (χ2v) is 4.58. The molecule has 1 N–H and O–H groups in total. The molecule has 1 aromatic heterocycles. The zero-order valence-corrected chi connectivity index (χ0v) is 11.1. The molecule has 0 fully saturated rings. The molecule has 0 aliphatic carbocycles. The molecular weight excluding hydrogens is 348 g/mol. The fourth-order valence-electron chi connectivity index (χ4n) is 1.11. The molecule has 8 heteroatoms. The van der Waals surface area contributed by atoms with Crippen molar-refractivity contribution in [2.75, 3.05) is 5.33 Å². The van der Waals surface area contributed by atoms with Crippen LogP contribution in [0.15, 0.2) is 21.7 Å². The first-order valence-corrected chi connectivity index (χ1v) is 6.15. The number of nitro groups is 1. The minimum atomic E-state index is -0.746. The standard InChI is InChI=1S/C8H8Br2N2O4/c9-1-5(13)2-11-3-6(10)8(14)7(4-11)12(15)16/h3-5,13H,1-2H2. The third-order valence-corrected chi connectivity index (χ3v) is 3.13. The normalized spacial score (nSPS) is 12.4. The fourth-order valence-corrected chi connectivity index (χ4v) is 1.78. The molecule has 0 aliphatic rings. The number of rotatable bonds is 4. The summed E-state index contributed by atoms with van der Waals surface area (Å²) in [4.78, 5) is 21.2. The van der Waals surface area contributed by atoms with Crippen LogP contribution in [0.25, 0.3) is 0 Å². The average molecular weight is 356 g/mol. The molecule has 1 unspecified atom stereocenters. The van der Waals surface area contributed by atoms with Gasteiger partial charge >= 0.3 is 5.69 Å². The molecular formula is C8H8Br2N2O4. The van der Waals surface area contributed by atoms with Gasteiger partial charge in [-0.3, -0.25) is 14.9 Å². The van der Waals surface area contributed by atoms with Crippen LogP contribution in [-0.4, -0.2) is 26.0 Å². The van der Waals surface area contributed by atoms with Crippen molar-refractivity contribution >= 4 is 37.5 Å². The average Bonchev–Trinajstić information content (AvgIpc) is 2.22. The highest BCUT2D eigenvalue weighted by Crippen LogP contribution is 2.11. The topological polar surface area (TPSA) is 85.4 Å². The van der Waals surface area contributed by atoms with Gasteiger partial charge in [-0.1, -0.05) is 15.9 Å². The van der Waals surface area contributed by atoms with Crippen LogP contribution in [0.2, 0.25) is 0 Å². The smallest absolute Gasteiger partial charge is 0.333 e. The largest absolute Gasteiger partial charge is 0.390 e. The van der Waals surface area contributed by atoms with E-state index in [0.29, 0.717) is 5.33 Å². The van der Waals surface area contributed by atoms with Gasteiger partial charge < -0.3 is 9.67 Å². The van der Waals surface area contributed by atoms with Crippen molar-refractivity contribution < 1.29 is 10.0 Å². The number of nitrogens with zero attached hydrogens (tertiary/aromatic N) is 2. The number of hydrogen-bond acceptors (Lipinski definition) is 4. The first-order valence-electron chi connectivity index (χ1n) is 4.23. The molecule has 16 heavy (non-hydrogen) atoms. The zero-order valence-electron chi connectivity index (χ0n) is 7.97. The Morgan fingerprint density at radius 2 is 2.19 bits per heavy atom. The van der Waals surface area contributed by atoms with Crippen LogP contribution in [0.4, 0.5) is 5.69 Å². The molecule has 0 spiro atoms. The van der Waals surface area contributed by atoms with Crippen LogP contribution in [0.3, 0.4) is 0 Å². The maximum atomic E-state index is 11.3. The first-order chi connectivity index (χ1) is 7.45. The molecule has 1 rings (SSSR count). The van der Waals surface area contributed by atoms with Crippen molar-refractivity contribution in [2.45, 2.75) is 12.6 Å². The van der Waals surface area contributed by atoms with Gasteiger partial charge in [-0.2, -0.15) is 0 Å². The van der Waals surface area contributed by atoms with E-state index in [9.17, 15) is 20.0 Å². The molecule has 0 bridgehead atoms. The summed E-state index contributed by atoms with van der Waals surface area (Å²) in [5.74, 6) is 0. The van der Waals surface area contributed by atoms with Gasteiger partial charge in [-0.05, 0) is 15.9 Å². The van der Waals surface area contributed by atoms with Crippen molar-refractivity contribution in [2.24, 2.45) is 0 Å². The summed E-state index contributed by atoms with van der Waals surface area (Å²) >= 11 is 6.03. The zero-order chi connectivity index (χ0) is 12.3. The highest BCUT2D eigenvalue weighted by atomic mass is 79.9. The molecule has 1 heterocycles. The molecule has 0 saturated carbocycles. The van der Waals surface area contributed by atoms with Gasteiger partial charge in [0.15, 0.2) is 0 Å². The van der Waals surface area contributed by atoms with Crippen LogP contribution in [0.5, 0.6) is 0 Å². The van der Waals surface area contributed by atoms with E-state index >= 15 is 0 Å². The summed E-state index contributed by atoms with van der Waals surface area (Å²) in [6.07, 6.45) is 1.84. The van der Waals surface area contributed by atoms with Crippen LogP contribution in [0.1, 0.15) is 0 Å². The number of aliphatic hydroxyl groups is 1. The number of aliphatic hydroxyl groups excluding tert-OH is 1. The monoisotopic (exact) mass is 354 g/mol. The lowest BCUT2D eigenvalue weighted by Crippen LogP contribution is -2.20. The minimum Gasteiger partial charge on any atom is -0.390 e. The Labute approximate surface area is 107 Å². The van der Waals surface area contributed by atoms with Gasteiger partial charge in [-0.15, -0.1) is 0 Å². The van der Waals surface area contributed by atoms with Crippen LogP contribution in [0, 0.1) is 10.1 Å². The van der Waals surface area contributed by atoms with Gasteiger partial charge in [0.25, 0.3) is 5.43 Å². The number of alkyl halides is 1. The van der Waals surface area contributed by atoms with Gasteiger partial charge in [0, 0.05) is 18.1 Å². The van der Waals surface area contributed by atoms with Gasteiger partial charge in [-0.25, -0.2) is 0 Å². The SMILES string of the molecule is O=c1c(Br)cn(CC(O)CBr)cc1[N+](=O)[O-]. The molecule has 0 amide bonds. The van der Waals surface area contributed by atoms with Gasteiger partial charge in [0.1, 0.15) is 0 Å². The number of hydrogen-bond donors (Lipinski definition) is 1. The second-order valence-electron chi connectivity index (χ2n) is 3.08. The first kappa shape index (κ1) is 13.3. The summed E-state index contributed by atoms with van der Waals surface area (Å²) in [6, 6.07) is 0. The van der Waals surface area contributed by atoms with Crippen molar-refractivity contribution in [1.29, 1.82) is 0 Å². The lowest BCUT2D eigenvalue weighted by molar-refractivity contribution is -0.386. The number of aromatic nitrogens is 1. The summed E-state index contributed by atoms with van der Waals surface area (Å²) in [5.41, 5.74) is -1.19. The third-order valence-electron chi connectivity index (χ3n) is 1.81. The fraction of sp³-hybridized carbons (Fsp3) is 0.375. The van der Waals surface area contributed by atoms with Crippen molar-refractivity contribution in [1.82, 2.24) is 4.57 Å². The maximum absolute atomic E-state index is 11.3. The van der Waals surface area contributed by atoms with Gasteiger partial charge in [0.2, 0.25) is 0 Å². The molecule has 1 atom stereocenters. The van der Waals surface area contributed by atoms with E-state index in [1.807, 2.05) is 0 Å². The molecule has 6 nitrogen and oxygen atoms in total. The minimum absolute atomic E-state index is 0.100. The number of pyridine rings is 1. The molecule has 0 saturated heterocycles. The summed E-state index contributed by atoms with van der Waals surface area (Å²) < 4.78 is 1.50. The molecule has 0 aromatic carbocycles. The predicted molar refractivity (Wildman–Crippen MR) is 64.9 cm³/mol. The Morgan fingerprint density at radius 3 is 2.69 bits per heavy atom. The van der Waals surface area contributed by atoms with Crippen molar-refractivity contribution in [3.05, 3.63) is 37.2 Å². The lowest BCUT2D eigenvalue weighted by Gasteiger charge is -2.10.